The van der Waals surface area contributed by atoms with Crippen molar-refractivity contribution in [2.45, 2.75) is 58.9 Å². The number of nitrogens with zero attached hydrogens (tertiary/aromatic N) is 1. The molecule has 1 aromatic rings. The first-order valence-corrected chi connectivity index (χ1v) is 11.0. The van der Waals surface area contributed by atoms with Gasteiger partial charge in [0.15, 0.2) is 0 Å². The molecule has 1 saturated heterocycles. The highest BCUT2D eigenvalue weighted by atomic mass is 32.2. The second kappa shape index (κ2) is 9.27. The van der Waals surface area contributed by atoms with Crippen LogP contribution in [0.25, 0.3) is 0 Å². The van der Waals surface area contributed by atoms with Gasteiger partial charge in [-0.1, -0.05) is 13.8 Å². The van der Waals surface area contributed by atoms with E-state index in [-0.39, 0.29) is 11.6 Å². The van der Waals surface area contributed by atoms with E-state index in [1.165, 1.54) is 37.1 Å². The van der Waals surface area contributed by atoms with Crippen LogP contribution in [-0.2, 0) is 0 Å². The number of rotatable bonds is 7. The van der Waals surface area contributed by atoms with Crippen LogP contribution < -0.4 is 10.0 Å². The van der Waals surface area contributed by atoms with Gasteiger partial charge in [-0.2, -0.15) is 0 Å². The SMILES string of the molecule is CC(=N)c1cc(C(=O)NSN2CCC2)c(F)cc1NC1CCC(C(C)C)CC1. The second-order valence-corrected chi connectivity index (χ2v) is 9.21. The van der Waals surface area contributed by atoms with Crippen LogP contribution in [0.3, 0.4) is 0 Å². The summed E-state index contributed by atoms with van der Waals surface area (Å²) in [5, 5.41) is 11.5. The minimum absolute atomic E-state index is 0.0105. The van der Waals surface area contributed by atoms with Crippen LogP contribution in [0.4, 0.5) is 10.1 Å². The standard InChI is InChI=1S/C21H31FN4OS/c1-13(2)15-5-7-16(8-6-15)24-20-12-19(22)18(11-17(20)14(3)23)21(27)25-28-26-9-4-10-26/h11-13,15-16,23-24H,4-10H2,1-3H3,(H,25,27). The number of hydrogen-bond acceptors (Lipinski definition) is 5. The summed E-state index contributed by atoms with van der Waals surface area (Å²) >= 11 is 1.22. The fourth-order valence-corrected chi connectivity index (χ4v) is 4.63. The summed E-state index contributed by atoms with van der Waals surface area (Å²) in [5.74, 6) is 0.448. The van der Waals surface area contributed by atoms with Crippen LogP contribution in [0, 0.1) is 23.1 Å². The molecule has 0 spiro atoms. The van der Waals surface area contributed by atoms with E-state index in [1.807, 2.05) is 4.31 Å². The Balaban J connectivity index is 1.70. The number of carbonyl (C=O) groups is 1. The van der Waals surface area contributed by atoms with Gasteiger partial charge in [-0.05, 0) is 63.0 Å². The molecule has 1 aliphatic carbocycles. The van der Waals surface area contributed by atoms with Gasteiger partial charge in [-0.3, -0.25) is 9.52 Å². The molecule has 7 heteroatoms. The van der Waals surface area contributed by atoms with E-state index >= 15 is 0 Å². The molecule has 0 unspecified atom stereocenters. The largest absolute Gasteiger partial charge is 0.382 e. The zero-order valence-electron chi connectivity index (χ0n) is 17.0. The Morgan fingerprint density at radius 1 is 1.21 bits per heavy atom. The summed E-state index contributed by atoms with van der Waals surface area (Å²) in [5.41, 5.74) is 1.52. The molecule has 1 amide bonds. The zero-order valence-corrected chi connectivity index (χ0v) is 17.8. The molecule has 0 aromatic heterocycles. The molecule has 2 fully saturated rings. The molecule has 3 N–H and O–H groups in total. The first kappa shape index (κ1) is 21.1. The smallest absolute Gasteiger partial charge is 0.265 e. The molecule has 154 valence electrons. The lowest BCUT2D eigenvalue weighted by Gasteiger charge is -2.32. The molecular weight excluding hydrogens is 375 g/mol. The minimum atomic E-state index is -0.551. The number of amides is 1. The average Bonchev–Trinajstić information content (AvgIpc) is 2.60. The molecule has 0 radical (unpaired) electrons. The van der Waals surface area contributed by atoms with Crippen molar-refractivity contribution >= 4 is 29.4 Å². The molecule has 3 rings (SSSR count). The molecule has 1 aliphatic heterocycles. The van der Waals surface area contributed by atoms with Crippen LogP contribution in [-0.4, -0.2) is 35.1 Å². The van der Waals surface area contributed by atoms with E-state index in [0.717, 1.165) is 38.3 Å². The summed E-state index contributed by atoms with van der Waals surface area (Å²) < 4.78 is 19.4. The lowest BCUT2D eigenvalue weighted by molar-refractivity contribution is 0.0978. The van der Waals surface area contributed by atoms with Crippen molar-refractivity contribution in [3.05, 3.63) is 29.1 Å². The minimum Gasteiger partial charge on any atom is -0.382 e. The highest BCUT2D eigenvalue weighted by Crippen LogP contribution is 2.32. The molecule has 1 saturated carbocycles. The third-order valence-electron chi connectivity index (χ3n) is 5.91. The Bertz CT molecular complexity index is 727. The van der Waals surface area contributed by atoms with E-state index < -0.39 is 11.7 Å². The van der Waals surface area contributed by atoms with Gasteiger partial charge in [0.1, 0.15) is 5.82 Å². The first-order chi connectivity index (χ1) is 13.3. The summed E-state index contributed by atoms with van der Waals surface area (Å²) in [7, 11) is 0. The normalized spacial score (nSPS) is 22.6. The lowest BCUT2D eigenvalue weighted by atomic mass is 9.79. The van der Waals surface area contributed by atoms with E-state index in [0.29, 0.717) is 22.9 Å². The molecule has 28 heavy (non-hydrogen) atoms. The van der Waals surface area contributed by atoms with Crippen LogP contribution in [0.2, 0.25) is 0 Å². The Morgan fingerprint density at radius 2 is 1.89 bits per heavy atom. The first-order valence-electron chi connectivity index (χ1n) is 10.2. The molecular formula is C21H31FN4OS. The van der Waals surface area contributed by atoms with Crippen LogP contribution in [0.5, 0.6) is 0 Å². The maximum Gasteiger partial charge on any atom is 0.265 e. The van der Waals surface area contributed by atoms with Gasteiger partial charge < -0.3 is 10.7 Å². The predicted octanol–water partition coefficient (Wildman–Crippen LogP) is 4.84. The third-order valence-corrected chi connectivity index (χ3v) is 6.81. The van der Waals surface area contributed by atoms with Crippen molar-refractivity contribution in [2.75, 3.05) is 18.4 Å². The molecule has 0 bridgehead atoms. The van der Waals surface area contributed by atoms with Crippen molar-refractivity contribution in [3.8, 4) is 0 Å². The second-order valence-electron chi connectivity index (χ2n) is 8.31. The number of nitrogens with one attached hydrogen (secondary N) is 3. The average molecular weight is 407 g/mol. The van der Waals surface area contributed by atoms with Gasteiger partial charge in [0, 0.05) is 48.2 Å². The van der Waals surface area contributed by atoms with Crippen LogP contribution in [0.1, 0.15) is 68.8 Å². The van der Waals surface area contributed by atoms with Crippen LogP contribution in [0.15, 0.2) is 12.1 Å². The summed E-state index contributed by atoms with van der Waals surface area (Å²) in [6.07, 6.45) is 5.56. The van der Waals surface area contributed by atoms with Gasteiger partial charge in [-0.25, -0.2) is 8.70 Å². The quantitative estimate of drug-likeness (QED) is 0.448. The zero-order chi connectivity index (χ0) is 20.3. The Hall–Kier alpha value is -1.60. The van der Waals surface area contributed by atoms with E-state index in [9.17, 15) is 9.18 Å². The maximum absolute atomic E-state index is 14.7. The van der Waals surface area contributed by atoms with E-state index in [2.05, 4.69) is 23.9 Å². The molecule has 5 nitrogen and oxygen atoms in total. The lowest BCUT2D eigenvalue weighted by Crippen LogP contribution is -2.35. The van der Waals surface area contributed by atoms with Crippen molar-refractivity contribution in [3.63, 3.8) is 0 Å². The van der Waals surface area contributed by atoms with E-state index in [1.54, 1.807) is 6.92 Å². The number of benzene rings is 1. The summed E-state index contributed by atoms with van der Waals surface area (Å²) in [4.78, 5) is 12.4. The van der Waals surface area contributed by atoms with Gasteiger partial charge >= 0.3 is 0 Å². The highest BCUT2D eigenvalue weighted by Gasteiger charge is 2.25. The monoisotopic (exact) mass is 406 g/mol. The van der Waals surface area contributed by atoms with Gasteiger partial charge in [0.2, 0.25) is 0 Å². The summed E-state index contributed by atoms with van der Waals surface area (Å²) in [6.45, 7) is 8.08. The van der Waals surface area contributed by atoms with Gasteiger partial charge in [-0.15, -0.1) is 0 Å². The molecule has 2 aliphatic rings. The third kappa shape index (κ3) is 5.06. The fraction of sp³-hybridized carbons (Fsp3) is 0.619. The number of halogens is 1. The Kier molecular flexibility index (Phi) is 6.99. The predicted molar refractivity (Wildman–Crippen MR) is 114 cm³/mol. The van der Waals surface area contributed by atoms with Crippen molar-refractivity contribution < 1.29 is 9.18 Å². The van der Waals surface area contributed by atoms with E-state index in [4.69, 9.17) is 5.41 Å². The number of anilines is 1. The topological polar surface area (TPSA) is 68.2 Å². The van der Waals surface area contributed by atoms with Crippen LogP contribution >= 0.6 is 12.1 Å². The Morgan fingerprint density at radius 3 is 2.43 bits per heavy atom. The molecule has 1 heterocycles. The number of hydrogen-bond donors (Lipinski definition) is 3. The van der Waals surface area contributed by atoms with Crippen molar-refractivity contribution in [2.24, 2.45) is 11.8 Å². The highest BCUT2D eigenvalue weighted by molar-refractivity contribution is 7.95. The fourth-order valence-electron chi connectivity index (χ4n) is 3.87. The molecule has 1 aromatic carbocycles. The van der Waals surface area contributed by atoms with Crippen molar-refractivity contribution in [1.82, 2.24) is 9.03 Å². The summed E-state index contributed by atoms with van der Waals surface area (Å²) in [6, 6.07) is 3.17. The molecule has 0 atom stereocenters. The van der Waals surface area contributed by atoms with Gasteiger partial charge in [0.05, 0.1) is 5.56 Å². The van der Waals surface area contributed by atoms with Gasteiger partial charge in [0.25, 0.3) is 5.91 Å². The Labute approximate surface area is 171 Å². The number of carbonyl (C=O) groups excluding carboxylic acids is 1. The van der Waals surface area contributed by atoms with Crippen molar-refractivity contribution in [1.29, 1.82) is 5.41 Å². The maximum atomic E-state index is 14.7.